The first kappa shape index (κ1) is 27.5. The van der Waals surface area contributed by atoms with Crippen LogP contribution in [0.2, 0.25) is 5.02 Å². The molecule has 0 spiro atoms. The van der Waals surface area contributed by atoms with Crippen molar-refractivity contribution in [2.75, 3.05) is 13.2 Å². The standard InChI is InChI=1S/C26H21ClF3NO6S/c27-20-13-19-21(37-25(33)34)10-12-35-22(19)14-23(20)36-17-5-3-16(4-6-17)24(32)31-11-9-15-1-7-18(8-2-15)38-26(28,29)30/h1-8,13-14,21H,9-12H2,(H,31,32)(H,33,34). The number of hydrogen-bond acceptors (Lipinski definition) is 6. The van der Waals surface area contributed by atoms with Crippen molar-refractivity contribution in [1.82, 2.24) is 5.32 Å². The summed E-state index contributed by atoms with van der Waals surface area (Å²) in [5.74, 6) is 0.796. The van der Waals surface area contributed by atoms with Crippen LogP contribution in [-0.2, 0) is 11.2 Å². The molecule has 200 valence electrons. The maximum atomic E-state index is 12.5. The number of halogens is 4. The molecule has 4 rings (SSSR count). The van der Waals surface area contributed by atoms with Crippen molar-refractivity contribution in [3.05, 3.63) is 82.4 Å². The highest BCUT2D eigenvalue weighted by atomic mass is 35.5. The van der Waals surface area contributed by atoms with E-state index in [0.29, 0.717) is 47.8 Å². The van der Waals surface area contributed by atoms with E-state index in [0.717, 1.165) is 5.56 Å². The highest BCUT2D eigenvalue weighted by molar-refractivity contribution is 8.00. The Morgan fingerprint density at radius 2 is 1.82 bits per heavy atom. The molecule has 3 aromatic rings. The van der Waals surface area contributed by atoms with Gasteiger partial charge in [0, 0.05) is 35.1 Å². The van der Waals surface area contributed by atoms with E-state index >= 15 is 0 Å². The molecule has 2 N–H and O–H groups in total. The molecule has 0 saturated carbocycles. The number of carboxylic acid groups (broad SMARTS) is 1. The van der Waals surface area contributed by atoms with E-state index < -0.39 is 17.8 Å². The Labute approximate surface area is 224 Å². The van der Waals surface area contributed by atoms with Gasteiger partial charge >= 0.3 is 11.7 Å². The first-order chi connectivity index (χ1) is 18.1. The maximum absolute atomic E-state index is 12.5. The van der Waals surface area contributed by atoms with Gasteiger partial charge in [-0.2, -0.15) is 13.2 Å². The van der Waals surface area contributed by atoms with Crippen LogP contribution in [0, 0.1) is 0 Å². The van der Waals surface area contributed by atoms with E-state index in [1.165, 1.54) is 12.1 Å². The second kappa shape index (κ2) is 11.9. The van der Waals surface area contributed by atoms with Crippen LogP contribution in [0.4, 0.5) is 18.0 Å². The third kappa shape index (κ3) is 7.48. The molecule has 0 fully saturated rings. The smallest absolute Gasteiger partial charge is 0.493 e. The number of amides is 1. The molecule has 1 heterocycles. The number of hydrogen-bond donors (Lipinski definition) is 2. The van der Waals surface area contributed by atoms with Gasteiger partial charge in [0.2, 0.25) is 0 Å². The SMILES string of the molecule is O=C(O)OC1CCOc2cc(Oc3ccc(C(=O)NCCc4ccc(SC(F)(F)F)cc4)cc3)c(Cl)cc21. The van der Waals surface area contributed by atoms with Crippen molar-refractivity contribution >= 4 is 35.4 Å². The van der Waals surface area contributed by atoms with Gasteiger partial charge in [0.1, 0.15) is 23.4 Å². The number of thioether (sulfide) groups is 1. The summed E-state index contributed by atoms with van der Waals surface area (Å²) in [7, 11) is 0. The van der Waals surface area contributed by atoms with Gasteiger partial charge in [0.15, 0.2) is 0 Å². The first-order valence-electron chi connectivity index (χ1n) is 11.3. The predicted molar refractivity (Wildman–Crippen MR) is 134 cm³/mol. The molecule has 1 aliphatic rings. The molecule has 0 bridgehead atoms. The van der Waals surface area contributed by atoms with E-state index in [1.807, 2.05) is 0 Å². The molecule has 1 atom stereocenters. The molecular weight excluding hydrogens is 547 g/mol. The van der Waals surface area contributed by atoms with E-state index in [2.05, 4.69) is 5.32 Å². The minimum atomic E-state index is -4.33. The van der Waals surface area contributed by atoms with Gasteiger partial charge in [-0.1, -0.05) is 23.7 Å². The first-order valence-corrected chi connectivity index (χ1v) is 12.5. The third-order valence-electron chi connectivity index (χ3n) is 5.49. The summed E-state index contributed by atoms with van der Waals surface area (Å²) in [4.78, 5) is 23.5. The Bertz CT molecular complexity index is 1300. The van der Waals surface area contributed by atoms with Crippen LogP contribution in [0.15, 0.2) is 65.6 Å². The lowest BCUT2D eigenvalue weighted by atomic mass is 10.0. The summed E-state index contributed by atoms with van der Waals surface area (Å²) >= 11 is 6.17. The van der Waals surface area contributed by atoms with Crippen LogP contribution in [0.25, 0.3) is 0 Å². The number of benzene rings is 3. The van der Waals surface area contributed by atoms with Crippen LogP contribution >= 0.6 is 23.4 Å². The van der Waals surface area contributed by atoms with Gasteiger partial charge in [-0.15, -0.1) is 0 Å². The predicted octanol–water partition coefficient (Wildman–Crippen LogP) is 7.23. The van der Waals surface area contributed by atoms with Crippen LogP contribution in [0.3, 0.4) is 0 Å². The maximum Gasteiger partial charge on any atom is 0.506 e. The number of fused-ring (bicyclic) bond motifs is 1. The normalized spacial score (nSPS) is 14.7. The quantitative estimate of drug-likeness (QED) is 0.219. The van der Waals surface area contributed by atoms with Gasteiger partial charge in [0.05, 0.1) is 11.6 Å². The zero-order valence-corrected chi connectivity index (χ0v) is 21.2. The lowest BCUT2D eigenvalue weighted by Gasteiger charge is -2.25. The largest absolute Gasteiger partial charge is 0.506 e. The zero-order chi connectivity index (χ0) is 27.3. The zero-order valence-electron chi connectivity index (χ0n) is 19.6. The van der Waals surface area contributed by atoms with Crippen molar-refractivity contribution < 1.29 is 42.1 Å². The molecular formula is C26H21ClF3NO6S. The van der Waals surface area contributed by atoms with E-state index in [-0.39, 0.29) is 34.2 Å². The summed E-state index contributed by atoms with van der Waals surface area (Å²) in [6.45, 7) is 0.582. The minimum Gasteiger partial charge on any atom is -0.493 e. The van der Waals surface area contributed by atoms with Crippen molar-refractivity contribution in [2.45, 2.75) is 29.3 Å². The molecule has 1 aliphatic heterocycles. The van der Waals surface area contributed by atoms with Gasteiger partial charge < -0.3 is 24.6 Å². The summed E-state index contributed by atoms with van der Waals surface area (Å²) in [5.41, 5.74) is -2.63. The van der Waals surface area contributed by atoms with Crippen LogP contribution in [-0.4, -0.2) is 35.8 Å². The molecule has 12 heteroatoms. The molecule has 0 radical (unpaired) electrons. The van der Waals surface area contributed by atoms with Gasteiger partial charge in [-0.25, -0.2) is 4.79 Å². The fourth-order valence-corrected chi connectivity index (χ4v) is 4.51. The number of alkyl halides is 3. The Morgan fingerprint density at radius 1 is 1.11 bits per heavy atom. The van der Waals surface area contributed by atoms with E-state index in [4.69, 9.17) is 30.9 Å². The number of nitrogens with one attached hydrogen (secondary N) is 1. The average Bonchev–Trinajstić information content (AvgIpc) is 2.85. The Balaban J connectivity index is 1.31. The fourth-order valence-electron chi connectivity index (χ4n) is 3.76. The molecule has 1 unspecified atom stereocenters. The number of ether oxygens (including phenoxy) is 3. The second-order valence-corrected chi connectivity index (χ2v) is 9.70. The number of carbonyl (C=O) groups is 2. The monoisotopic (exact) mass is 567 g/mol. The van der Waals surface area contributed by atoms with E-state index in [9.17, 15) is 22.8 Å². The van der Waals surface area contributed by atoms with Crippen molar-refractivity contribution in [3.63, 3.8) is 0 Å². The Kier molecular flexibility index (Phi) is 8.58. The molecule has 7 nitrogen and oxygen atoms in total. The number of carbonyl (C=O) groups excluding carboxylic acids is 1. The van der Waals surface area contributed by atoms with Gasteiger partial charge in [0.25, 0.3) is 5.91 Å². The molecule has 0 aliphatic carbocycles. The Morgan fingerprint density at radius 3 is 2.47 bits per heavy atom. The highest BCUT2D eigenvalue weighted by Gasteiger charge is 2.29. The van der Waals surface area contributed by atoms with E-state index in [1.54, 1.807) is 48.5 Å². The van der Waals surface area contributed by atoms with Crippen LogP contribution in [0.5, 0.6) is 17.2 Å². The molecule has 38 heavy (non-hydrogen) atoms. The Hall–Kier alpha value is -3.57. The summed E-state index contributed by atoms with van der Waals surface area (Å²) in [6.07, 6.45) is -1.25. The second-order valence-electron chi connectivity index (χ2n) is 8.15. The summed E-state index contributed by atoms with van der Waals surface area (Å²) in [5, 5.41) is 11.9. The molecule has 0 aromatic heterocycles. The molecule has 3 aromatic carbocycles. The van der Waals surface area contributed by atoms with Crippen LogP contribution < -0.4 is 14.8 Å². The number of rotatable bonds is 8. The van der Waals surface area contributed by atoms with Crippen molar-refractivity contribution in [2.24, 2.45) is 0 Å². The minimum absolute atomic E-state index is 0.105. The van der Waals surface area contributed by atoms with Crippen molar-refractivity contribution in [1.29, 1.82) is 0 Å². The summed E-state index contributed by atoms with van der Waals surface area (Å²) < 4.78 is 53.6. The van der Waals surface area contributed by atoms with Gasteiger partial charge in [-0.3, -0.25) is 4.79 Å². The highest BCUT2D eigenvalue weighted by Crippen LogP contribution is 2.42. The topological polar surface area (TPSA) is 94.1 Å². The molecule has 0 saturated heterocycles. The van der Waals surface area contributed by atoms with Crippen molar-refractivity contribution in [3.8, 4) is 17.2 Å². The molecule has 1 amide bonds. The summed E-state index contributed by atoms with van der Waals surface area (Å²) in [6, 6.07) is 15.4. The lowest BCUT2D eigenvalue weighted by Crippen LogP contribution is -2.25. The third-order valence-corrected chi connectivity index (χ3v) is 6.53. The van der Waals surface area contributed by atoms with Gasteiger partial charge in [-0.05, 0) is 66.2 Å². The van der Waals surface area contributed by atoms with Crippen LogP contribution in [0.1, 0.15) is 34.0 Å². The average molecular weight is 568 g/mol. The fraction of sp³-hybridized carbons (Fsp3) is 0.231. The lowest BCUT2D eigenvalue weighted by molar-refractivity contribution is -0.0328.